The van der Waals surface area contributed by atoms with E-state index in [2.05, 4.69) is 15.0 Å². The summed E-state index contributed by atoms with van der Waals surface area (Å²) >= 11 is 0. The monoisotopic (exact) mass is 354 g/mol. The van der Waals surface area contributed by atoms with Gasteiger partial charge in [-0.3, -0.25) is 4.90 Å². The number of nitrogens with zero attached hydrogens (tertiary/aromatic N) is 1. The summed E-state index contributed by atoms with van der Waals surface area (Å²) in [6.45, 7) is 3.67. The van der Waals surface area contributed by atoms with E-state index in [0.717, 1.165) is 38.2 Å². The number of halogens is 4. The maximum Gasteiger partial charge on any atom is 0.573 e. The van der Waals surface area contributed by atoms with Crippen LogP contribution in [0.3, 0.4) is 0 Å². The second-order valence-electron chi connectivity index (χ2n) is 5.28. The Labute approximate surface area is 140 Å². The van der Waals surface area contributed by atoms with E-state index in [1.54, 1.807) is 12.1 Å². The zero-order valence-electron chi connectivity index (χ0n) is 12.7. The minimum absolute atomic E-state index is 0. The van der Waals surface area contributed by atoms with Gasteiger partial charge >= 0.3 is 6.36 Å². The van der Waals surface area contributed by atoms with E-state index in [4.69, 9.17) is 5.11 Å². The zero-order chi connectivity index (χ0) is 16.0. The lowest BCUT2D eigenvalue weighted by atomic mass is 9.99. The molecule has 0 spiro atoms. The SMILES string of the molecule is Cl.OCCC[C@@H](c1ccc(OC(F)(F)F)cc1)N1CCNCC1. The van der Waals surface area contributed by atoms with Crippen LogP contribution in [0.1, 0.15) is 24.4 Å². The highest BCUT2D eigenvalue weighted by atomic mass is 35.5. The molecule has 4 nitrogen and oxygen atoms in total. The Morgan fingerprint density at radius 3 is 2.30 bits per heavy atom. The van der Waals surface area contributed by atoms with Crippen molar-refractivity contribution in [2.45, 2.75) is 25.2 Å². The molecule has 1 aromatic carbocycles. The summed E-state index contributed by atoms with van der Waals surface area (Å²) in [4.78, 5) is 2.30. The molecule has 23 heavy (non-hydrogen) atoms. The van der Waals surface area contributed by atoms with Gasteiger partial charge in [-0.1, -0.05) is 12.1 Å². The van der Waals surface area contributed by atoms with Crippen molar-refractivity contribution in [2.75, 3.05) is 32.8 Å². The fraction of sp³-hybridized carbons (Fsp3) is 0.600. The van der Waals surface area contributed by atoms with Crippen LogP contribution in [0, 0.1) is 0 Å². The predicted molar refractivity (Wildman–Crippen MR) is 83.9 cm³/mol. The fourth-order valence-electron chi connectivity index (χ4n) is 2.73. The first-order valence-corrected chi connectivity index (χ1v) is 7.41. The van der Waals surface area contributed by atoms with E-state index in [0.29, 0.717) is 6.42 Å². The van der Waals surface area contributed by atoms with Crippen LogP contribution in [0.15, 0.2) is 24.3 Å². The van der Waals surface area contributed by atoms with Gasteiger partial charge in [0.25, 0.3) is 0 Å². The van der Waals surface area contributed by atoms with Crippen molar-refractivity contribution in [3.8, 4) is 5.75 Å². The predicted octanol–water partition coefficient (Wildman–Crippen LogP) is 2.73. The highest BCUT2D eigenvalue weighted by molar-refractivity contribution is 5.85. The molecule has 1 aromatic rings. The molecule has 1 atom stereocenters. The number of aliphatic hydroxyl groups is 1. The van der Waals surface area contributed by atoms with Crippen LogP contribution in [-0.4, -0.2) is 49.2 Å². The molecule has 0 aromatic heterocycles. The van der Waals surface area contributed by atoms with Crippen molar-refractivity contribution < 1.29 is 23.0 Å². The van der Waals surface area contributed by atoms with E-state index in [1.807, 2.05) is 0 Å². The summed E-state index contributed by atoms with van der Waals surface area (Å²) in [7, 11) is 0. The standard InChI is InChI=1S/C15H21F3N2O2.ClH/c16-15(17,18)22-13-5-3-12(4-6-13)14(2-1-11-21)20-9-7-19-8-10-20;/h3-6,14,19,21H,1-2,7-11H2;1H/t14-;/m0./s1. The van der Waals surface area contributed by atoms with Crippen LogP contribution in [-0.2, 0) is 0 Å². The van der Waals surface area contributed by atoms with Crippen LogP contribution in [0.4, 0.5) is 13.2 Å². The molecular weight excluding hydrogens is 333 g/mol. The van der Waals surface area contributed by atoms with Gasteiger partial charge in [0.15, 0.2) is 0 Å². The van der Waals surface area contributed by atoms with Crippen molar-refractivity contribution >= 4 is 12.4 Å². The van der Waals surface area contributed by atoms with Gasteiger partial charge in [-0.15, -0.1) is 25.6 Å². The number of ether oxygens (including phenoxy) is 1. The molecule has 1 fully saturated rings. The van der Waals surface area contributed by atoms with Crippen molar-refractivity contribution in [3.63, 3.8) is 0 Å². The normalized spacial score (nSPS) is 17.4. The highest BCUT2D eigenvalue weighted by Gasteiger charge is 2.31. The van der Waals surface area contributed by atoms with Crippen LogP contribution in [0.25, 0.3) is 0 Å². The average molecular weight is 355 g/mol. The molecule has 132 valence electrons. The smallest absolute Gasteiger partial charge is 0.406 e. The van der Waals surface area contributed by atoms with Crippen molar-refractivity contribution in [3.05, 3.63) is 29.8 Å². The van der Waals surface area contributed by atoms with Crippen LogP contribution >= 0.6 is 12.4 Å². The fourth-order valence-corrected chi connectivity index (χ4v) is 2.73. The van der Waals surface area contributed by atoms with Gasteiger partial charge in [-0.25, -0.2) is 0 Å². The lowest BCUT2D eigenvalue weighted by Crippen LogP contribution is -2.45. The number of aliphatic hydroxyl groups excluding tert-OH is 1. The maximum atomic E-state index is 12.2. The van der Waals surface area contributed by atoms with Gasteiger partial charge in [-0.05, 0) is 30.5 Å². The lowest BCUT2D eigenvalue weighted by molar-refractivity contribution is -0.274. The number of alkyl halides is 3. The molecule has 0 radical (unpaired) electrons. The molecule has 0 amide bonds. The second kappa shape index (κ2) is 9.32. The number of benzene rings is 1. The van der Waals surface area contributed by atoms with E-state index < -0.39 is 6.36 Å². The summed E-state index contributed by atoms with van der Waals surface area (Å²) in [6, 6.07) is 6.14. The molecule has 0 bridgehead atoms. The first kappa shape index (κ1) is 20.0. The van der Waals surface area contributed by atoms with Crippen molar-refractivity contribution in [1.29, 1.82) is 0 Å². The summed E-state index contributed by atoms with van der Waals surface area (Å²) in [5.74, 6) is -0.211. The Bertz CT molecular complexity index is 451. The third-order valence-electron chi connectivity index (χ3n) is 3.73. The van der Waals surface area contributed by atoms with Gasteiger partial charge < -0.3 is 15.2 Å². The Kier molecular flexibility index (Phi) is 8.11. The number of hydrogen-bond donors (Lipinski definition) is 2. The largest absolute Gasteiger partial charge is 0.573 e. The Morgan fingerprint density at radius 2 is 1.78 bits per heavy atom. The molecule has 2 rings (SSSR count). The molecule has 1 saturated heterocycles. The number of hydrogen-bond acceptors (Lipinski definition) is 4. The minimum Gasteiger partial charge on any atom is -0.406 e. The number of piperazine rings is 1. The third-order valence-corrected chi connectivity index (χ3v) is 3.73. The first-order valence-electron chi connectivity index (χ1n) is 7.41. The molecule has 1 aliphatic rings. The Morgan fingerprint density at radius 1 is 1.17 bits per heavy atom. The first-order chi connectivity index (χ1) is 10.5. The van der Waals surface area contributed by atoms with E-state index >= 15 is 0 Å². The van der Waals surface area contributed by atoms with E-state index in [9.17, 15) is 13.2 Å². The lowest BCUT2D eigenvalue weighted by Gasteiger charge is -2.35. The topological polar surface area (TPSA) is 44.7 Å². The summed E-state index contributed by atoms with van der Waals surface area (Å²) < 4.78 is 40.5. The summed E-state index contributed by atoms with van der Waals surface area (Å²) in [6.07, 6.45) is -3.23. The second-order valence-corrected chi connectivity index (χ2v) is 5.28. The summed E-state index contributed by atoms with van der Waals surface area (Å²) in [5, 5.41) is 12.3. The quantitative estimate of drug-likeness (QED) is 0.824. The summed E-state index contributed by atoms with van der Waals surface area (Å²) in [5.41, 5.74) is 0.949. The number of rotatable bonds is 6. The molecule has 2 N–H and O–H groups in total. The molecule has 0 aliphatic carbocycles. The highest BCUT2D eigenvalue weighted by Crippen LogP contribution is 2.29. The van der Waals surface area contributed by atoms with Crippen molar-refractivity contribution in [2.24, 2.45) is 0 Å². The van der Waals surface area contributed by atoms with Crippen molar-refractivity contribution in [1.82, 2.24) is 10.2 Å². The Hall–Kier alpha value is -1.02. The van der Waals surface area contributed by atoms with Crippen LogP contribution in [0.5, 0.6) is 5.75 Å². The molecule has 0 saturated carbocycles. The van der Waals surface area contributed by atoms with Crippen LogP contribution in [0.2, 0.25) is 0 Å². The van der Waals surface area contributed by atoms with E-state index in [-0.39, 0.29) is 30.8 Å². The van der Waals surface area contributed by atoms with Gasteiger partial charge in [0, 0.05) is 38.8 Å². The average Bonchev–Trinajstić information content (AvgIpc) is 2.49. The number of nitrogens with one attached hydrogen (secondary N) is 1. The molecule has 8 heteroatoms. The molecule has 0 unspecified atom stereocenters. The van der Waals surface area contributed by atoms with Crippen LogP contribution < -0.4 is 10.1 Å². The third kappa shape index (κ3) is 6.55. The van der Waals surface area contributed by atoms with Gasteiger partial charge in [0.05, 0.1) is 0 Å². The minimum atomic E-state index is -4.67. The maximum absolute atomic E-state index is 12.2. The molecular formula is C15H22ClF3N2O2. The van der Waals surface area contributed by atoms with E-state index in [1.165, 1.54) is 12.1 Å². The molecule has 1 heterocycles. The Balaban J connectivity index is 0.00000264. The van der Waals surface area contributed by atoms with Gasteiger partial charge in [0.1, 0.15) is 5.75 Å². The molecule has 1 aliphatic heterocycles. The van der Waals surface area contributed by atoms with Gasteiger partial charge in [0.2, 0.25) is 0 Å². The zero-order valence-corrected chi connectivity index (χ0v) is 13.5. The van der Waals surface area contributed by atoms with Gasteiger partial charge in [-0.2, -0.15) is 0 Å².